The van der Waals surface area contributed by atoms with Crippen molar-refractivity contribution < 1.29 is 18.7 Å². The van der Waals surface area contributed by atoms with Crippen LogP contribution in [0.2, 0.25) is 0 Å². The van der Waals surface area contributed by atoms with E-state index in [2.05, 4.69) is 10.2 Å². The van der Waals surface area contributed by atoms with E-state index >= 15 is 0 Å². The Morgan fingerprint density at radius 1 is 1.11 bits per heavy atom. The van der Waals surface area contributed by atoms with Crippen molar-refractivity contribution in [3.05, 3.63) is 36.2 Å². The SMILES string of the molecule is O=C(OCC(=O)N1CCC[C@@H]2CCCC[C@@H]21)c1ccc(-c2nnco2)cc1. The zero-order chi connectivity index (χ0) is 18.6. The van der Waals surface area contributed by atoms with E-state index < -0.39 is 5.97 Å². The highest BCUT2D eigenvalue weighted by Crippen LogP contribution is 2.35. The van der Waals surface area contributed by atoms with Crippen molar-refractivity contribution >= 4 is 11.9 Å². The number of hydrogen-bond donors (Lipinski definition) is 0. The molecule has 142 valence electrons. The molecule has 1 aliphatic carbocycles. The number of esters is 1. The summed E-state index contributed by atoms with van der Waals surface area (Å²) < 4.78 is 10.4. The molecule has 4 rings (SSSR count). The van der Waals surface area contributed by atoms with Gasteiger partial charge >= 0.3 is 5.97 Å². The maximum atomic E-state index is 12.6. The van der Waals surface area contributed by atoms with E-state index in [1.54, 1.807) is 24.3 Å². The van der Waals surface area contributed by atoms with Crippen molar-refractivity contribution in [3.63, 3.8) is 0 Å². The second-order valence-corrected chi connectivity index (χ2v) is 7.24. The molecule has 2 aromatic rings. The van der Waals surface area contributed by atoms with Crippen molar-refractivity contribution in [3.8, 4) is 11.5 Å². The summed E-state index contributed by atoms with van der Waals surface area (Å²) in [6.07, 6.45) is 8.22. The fourth-order valence-corrected chi connectivity index (χ4v) is 4.28. The molecule has 0 bridgehead atoms. The molecule has 2 atom stereocenters. The van der Waals surface area contributed by atoms with Crippen molar-refractivity contribution in [1.29, 1.82) is 0 Å². The largest absolute Gasteiger partial charge is 0.452 e. The lowest BCUT2D eigenvalue weighted by Gasteiger charge is -2.44. The highest BCUT2D eigenvalue weighted by Gasteiger charge is 2.35. The second-order valence-electron chi connectivity index (χ2n) is 7.24. The molecule has 0 unspecified atom stereocenters. The Balaban J connectivity index is 1.34. The number of ether oxygens (including phenoxy) is 1. The standard InChI is InChI=1S/C20H23N3O4/c24-18(23-11-3-5-14-4-1-2-6-17(14)23)12-26-20(25)16-9-7-15(8-10-16)19-22-21-13-27-19/h7-10,13-14,17H,1-6,11-12H2/t14-,17-/m0/s1. The molecule has 2 fully saturated rings. The van der Waals surface area contributed by atoms with Crippen LogP contribution in [-0.2, 0) is 9.53 Å². The Bertz CT molecular complexity index is 786. The first kappa shape index (κ1) is 17.7. The Kier molecular flexibility index (Phi) is 5.18. The summed E-state index contributed by atoms with van der Waals surface area (Å²) in [6.45, 7) is 0.573. The zero-order valence-corrected chi connectivity index (χ0v) is 15.2. The van der Waals surface area contributed by atoms with Gasteiger partial charge in [0.2, 0.25) is 12.3 Å². The minimum atomic E-state index is -0.502. The third-order valence-electron chi connectivity index (χ3n) is 5.62. The van der Waals surface area contributed by atoms with Gasteiger partial charge in [0.1, 0.15) is 0 Å². The van der Waals surface area contributed by atoms with Gasteiger partial charge in [-0.3, -0.25) is 4.79 Å². The van der Waals surface area contributed by atoms with Gasteiger partial charge in [0.15, 0.2) is 6.61 Å². The summed E-state index contributed by atoms with van der Waals surface area (Å²) in [7, 11) is 0. The normalized spacial score (nSPS) is 22.1. The molecule has 7 heteroatoms. The van der Waals surface area contributed by atoms with E-state index in [1.165, 1.54) is 32.1 Å². The van der Waals surface area contributed by atoms with Crippen LogP contribution in [0.1, 0.15) is 48.9 Å². The van der Waals surface area contributed by atoms with Crippen molar-refractivity contribution in [2.75, 3.05) is 13.2 Å². The van der Waals surface area contributed by atoms with Crippen molar-refractivity contribution in [2.24, 2.45) is 5.92 Å². The van der Waals surface area contributed by atoms with E-state index in [4.69, 9.17) is 9.15 Å². The van der Waals surface area contributed by atoms with Gasteiger partial charge < -0.3 is 14.1 Å². The molecular weight excluding hydrogens is 346 g/mol. The average molecular weight is 369 g/mol. The Morgan fingerprint density at radius 2 is 1.89 bits per heavy atom. The highest BCUT2D eigenvalue weighted by molar-refractivity contribution is 5.91. The van der Waals surface area contributed by atoms with E-state index in [0.717, 1.165) is 24.9 Å². The fraction of sp³-hybridized carbons (Fsp3) is 0.500. The molecule has 27 heavy (non-hydrogen) atoms. The number of amides is 1. The maximum Gasteiger partial charge on any atom is 0.338 e. The van der Waals surface area contributed by atoms with Crippen LogP contribution in [0.25, 0.3) is 11.5 Å². The Hall–Kier alpha value is -2.70. The first-order chi connectivity index (χ1) is 13.2. The number of nitrogens with zero attached hydrogens (tertiary/aromatic N) is 3. The Labute approximate surface area is 157 Å². The van der Waals surface area contributed by atoms with Crippen LogP contribution >= 0.6 is 0 Å². The van der Waals surface area contributed by atoms with Crippen molar-refractivity contribution in [1.82, 2.24) is 15.1 Å². The third-order valence-corrected chi connectivity index (χ3v) is 5.62. The number of hydrogen-bond acceptors (Lipinski definition) is 6. The number of carbonyl (C=O) groups excluding carboxylic acids is 2. The van der Waals surface area contributed by atoms with Gasteiger partial charge in [0.25, 0.3) is 5.91 Å². The molecule has 1 saturated heterocycles. The molecular formula is C20H23N3O4. The lowest BCUT2D eigenvalue weighted by Crippen LogP contribution is -2.50. The van der Waals surface area contributed by atoms with Gasteiger partial charge in [-0.1, -0.05) is 12.8 Å². The molecule has 0 N–H and O–H groups in total. The van der Waals surface area contributed by atoms with Crippen LogP contribution in [0.4, 0.5) is 0 Å². The fourth-order valence-electron chi connectivity index (χ4n) is 4.28. The topological polar surface area (TPSA) is 85.5 Å². The number of likely N-dealkylation sites (tertiary alicyclic amines) is 1. The molecule has 2 aliphatic rings. The quantitative estimate of drug-likeness (QED) is 0.770. The predicted octanol–water partition coefficient (Wildman–Crippen LogP) is 3.07. The maximum absolute atomic E-state index is 12.6. The second kappa shape index (κ2) is 7.90. The summed E-state index contributed by atoms with van der Waals surface area (Å²) in [4.78, 5) is 26.8. The first-order valence-electron chi connectivity index (χ1n) is 9.55. The molecule has 1 aliphatic heterocycles. The monoisotopic (exact) mass is 369 g/mol. The molecule has 0 radical (unpaired) electrons. The number of carbonyl (C=O) groups is 2. The summed E-state index contributed by atoms with van der Waals surface area (Å²) in [5, 5.41) is 7.45. The van der Waals surface area contributed by atoms with E-state index in [0.29, 0.717) is 23.4 Å². The zero-order valence-electron chi connectivity index (χ0n) is 15.2. The summed E-state index contributed by atoms with van der Waals surface area (Å²) in [5.41, 5.74) is 1.11. The van der Waals surface area contributed by atoms with Crippen LogP contribution in [0.5, 0.6) is 0 Å². The third kappa shape index (κ3) is 3.86. The van der Waals surface area contributed by atoms with Gasteiger partial charge in [-0.25, -0.2) is 4.79 Å². The molecule has 1 aromatic carbocycles. The molecule has 0 spiro atoms. The Morgan fingerprint density at radius 3 is 2.67 bits per heavy atom. The number of benzene rings is 1. The lowest BCUT2D eigenvalue weighted by atomic mass is 9.78. The van der Waals surface area contributed by atoms with Crippen LogP contribution in [0.3, 0.4) is 0 Å². The molecule has 2 heterocycles. The molecule has 1 amide bonds. The number of rotatable bonds is 4. The summed E-state index contributed by atoms with van der Waals surface area (Å²) >= 11 is 0. The minimum absolute atomic E-state index is 0.0811. The number of aromatic nitrogens is 2. The van der Waals surface area contributed by atoms with E-state index in [1.807, 2.05) is 4.90 Å². The summed E-state index contributed by atoms with van der Waals surface area (Å²) in [5.74, 6) is 0.418. The number of fused-ring (bicyclic) bond motifs is 1. The highest BCUT2D eigenvalue weighted by atomic mass is 16.5. The molecule has 1 saturated carbocycles. The van der Waals surface area contributed by atoms with E-state index in [9.17, 15) is 9.59 Å². The predicted molar refractivity (Wildman–Crippen MR) is 96.7 cm³/mol. The van der Waals surface area contributed by atoms with Gasteiger partial charge in [0, 0.05) is 18.2 Å². The minimum Gasteiger partial charge on any atom is -0.452 e. The molecule has 7 nitrogen and oxygen atoms in total. The number of piperidine rings is 1. The average Bonchev–Trinajstić information content (AvgIpc) is 3.26. The van der Waals surface area contributed by atoms with Gasteiger partial charge in [-0.2, -0.15) is 0 Å². The van der Waals surface area contributed by atoms with Crippen LogP contribution in [-0.4, -0.2) is 46.2 Å². The molecule has 1 aromatic heterocycles. The first-order valence-corrected chi connectivity index (χ1v) is 9.55. The summed E-state index contributed by atoms with van der Waals surface area (Å²) in [6, 6.07) is 7.01. The lowest BCUT2D eigenvalue weighted by molar-refractivity contribution is -0.140. The van der Waals surface area contributed by atoms with Gasteiger partial charge in [-0.05, 0) is 55.9 Å². The van der Waals surface area contributed by atoms with Crippen LogP contribution in [0, 0.1) is 5.92 Å². The van der Waals surface area contributed by atoms with Gasteiger partial charge in [-0.15, -0.1) is 10.2 Å². The van der Waals surface area contributed by atoms with Crippen molar-refractivity contribution in [2.45, 2.75) is 44.6 Å². The van der Waals surface area contributed by atoms with Gasteiger partial charge in [0.05, 0.1) is 5.56 Å². The van der Waals surface area contributed by atoms with E-state index in [-0.39, 0.29) is 12.5 Å². The van der Waals surface area contributed by atoms with Crippen LogP contribution in [0.15, 0.2) is 35.1 Å². The smallest absolute Gasteiger partial charge is 0.338 e. The van der Waals surface area contributed by atoms with Crippen LogP contribution < -0.4 is 0 Å².